The molecule has 0 heterocycles. The van der Waals surface area contributed by atoms with E-state index >= 15 is 0 Å². The Morgan fingerprint density at radius 2 is 1.52 bits per heavy atom. The number of carbonyl (C=O) groups excluding carboxylic acids is 2. The lowest BCUT2D eigenvalue weighted by Gasteiger charge is -2.08. The van der Waals surface area contributed by atoms with Crippen molar-refractivity contribution in [3.05, 3.63) is 82.9 Å². The molecule has 0 fully saturated rings. The quantitative estimate of drug-likeness (QED) is 0.609. The largest absolute Gasteiger partial charge is 0.354 e. The molecular weight excluding hydrogens is 360 g/mol. The number of nitrogens with one attached hydrogen (secondary N) is 2. The molecule has 0 aromatic heterocycles. The maximum Gasteiger partial charge on any atom is 0.252 e. The number of hydrogen-bond donors (Lipinski definition) is 2. The molecule has 0 aliphatic rings. The van der Waals surface area contributed by atoms with Crippen molar-refractivity contribution in [2.45, 2.75) is 12.8 Å². The van der Waals surface area contributed by atoms with Gasteiger partial charge in [-0.15, -0.1) is 0 Å². The summed E-state index contributed by atoms with van der Waals surface area (Å²) in [5.74, 6) is -0.277. The van der Waals surface area contributed by atoms with Gasteiger partial charge in [0.1, 0.15) is 0 Å². The zero-order valence-electron chi connectivity index (χ0n) is 14.9. The lowest BCUT2D eigenvalue weighted by molar-refractivity contribution is -0.121. The molecule has 3 rings (SSSR count). The van der Waals surface area contributed by atoms with Crippen LogP contribution in [0.1, 0.15) is 22.3 Å². The Kier molecular flexibility index (Phi) is 6.44. The standard InChI is InChI=1S/C22H21ClN2O2/c23-20-8-4-3-7-19(20)22(27)25-14-13-24-21(26)12-10-16-9-11-17-5-1-2-6-18(17)15-16/h1-9,11,15H,10,12-14H2,(H,24,26)(H,25,27). The number of halogens is 1. The van der Waals surface area contributed by atoms with Crippen LogP contribution >= 0.6 is 11.6 Å². The van der Waals surface area contributed by atoms with E-state index in [1.807, 2.05) is 12.1 Å². The number of aryl methyl sites for hydroxylation is 1. The molecule has 0 bridgehead atoms. The molecule has 27 heavy (non-hydrogen) atoms. The van der Waals surface area contributed by atoms with Gasteiger partial charge in [0, 0.05) is 19.5 Å². The van der Waals surface area contributed by atoms with Crippen LogP contribution in [0.25, 0.3) is 10.8 Å². The summed E-state index contributed by atoms with van der Waals surface area (Å²) < 4.78 is 0. The van der Waals surface area contributed by atoms with Crippen LogP contribution in [0.5, 0.6) is 0 Å². The van der Waals surface area contributed by atoms with Gasteiger partial charge >= 0.3 is 0 Å². The third kappa shape index (κ3) is 5.31. The highest BCUT2D eigenvalue weighted by atomic mass is 35.5. The van der Waals surface area contributed by atoms with E-state index in [0.717, 1.165) is 5.56 Å². The third-order valence-corrected chi connectivity index (χ3v) is 4.64. The van der Waals surface area contributed by atoms with Crippen LogP contribution in [0.4, 0.5) is 0 Å². The van der Waals surface area contributed by atoms with Gasteiger partial charge in [-0.3, -0.25) is 9.59 Å². The molecule has 0 radical (unpaired) electrons. The van der Waals surface area contributed by atoms with Crippen molar-refractivity contribution in [2.75, 3.05) is 13.1 Å². The molecule has 0 unspecified atom stereocenters. The van der Waals surface area contributed by atoms with Crippen LogP contribution in [0.2, 0.25) is 5.02 Å². The Morgan fingerprint density at radius 1 is 0.815 bits per heavy atom. The minimum absolute atomic E-state index is 0.0323. The number of fused-ring (bicyclic) bond motifs is 1. The minimum atomic E-state index is -0.244. The first-order valence-corrected chi connectivity index (χ1v) is 9.28. The molecule has 0 saturated heterocycles. The second-order valence-corrected chi connectivity index (χ2v) is 6.67. The lowest BCUT2D eigenvalue weighted by Crippen LogP contribution is -2.34. The topological polar surface area (TPSA) is 58.2 Å². The van der Waals surface area contributed by atoms with E-state index in [-0.39, 0.29) is 11.8 Å². The molecule has 2 N–H and O–H groups in total. The van der Waals surface area contributed by atoms with E-state index in [4.69, 9.17) is 11.6 Å². The van der Waals surface area contributed by atoms with Gasteiger partial charge in [0.25, 0.3) is 5.91 Å². The summed E-state index contributed by atoms with van der Waals surface area (Å²) in [5, 5.41) is 8.36. The molecule has 0 saturated carbocycles. The SMILES string of the molecule is O=C(CCc1ccc2ccccc2c1)NCCNC(=O)c1ccccc1Cl. The Hall–Kier alpha value is -2.85. The zero-order chi connectivity index (χ0) is 19.1. The fourth-order valence-corrected chi connectivity index (χ4v) is 3.08. The van der Waals surface area contributed by atoms with Crippen LogP contribution in [-0.2, 0) is 11.2 Å². The highest BCUT2D eigenvalue weighted by Gasteiger charge is 2.09. The van der Waals surface area contributed by atoms with Crippen LogP contribution in [0.15, 0.2) is 66.7 Å². The maximum absolute atomic E-state index is 12.0. The number of carbonyl (C=O) groups is 2. The molecule has 3 aromatic rings. The summed E-state index contributed by atoms with van der Waals surface area (Å²) in [5.41, 5.74) is 1.57. The number of benzene rings is 3. The molecule has 5 heteroatoms. The smallest absolute Gasteiger partial charge is 0.252 e. The van der Waals surface area contributed by atoms with Crippen LogP contribution < -0.4 is 10.6 Å². The predicted molar refractivity (Wildman–Crippen MR) is 109 cm³/mol. The van der Waals surface area contributed by atoms with Crippen molar-refractivity contribution >= 4 is 34.2 Å². The average molecular weight is 381 g/mol. The summed E-state index contributed by atoms with van der Waals surface area (Å²) in [6.45, 7) is 0.735. The van der Waals surface area contributed by atoms with Crippen LogP contribution in [0, 0.1) is 0 Å². The number of rotatable bonds is 7. The van der Waals surface area contributed by atoms with Gasteiger partial charge in [-0.25, -0.2) is 0 Å². The van der Waals surface area contributed by atoms with Crippen molar-refractivity contribution in [3.8, 4) is 0 Å². The first-order chi connectivity index (χ1) is 13.1. The average Bonchev–Trinajstić information content (AvgIpc) is 2.69. The van der Waals surface area contributed by atoms with Crippen molar-refractivity contribution in [1.29, 1.82) is 0 Å². The monoisotopic (exact) mass is 380 g/mol. The van der Waals surface area contributed by atoms with E-state index in [0.29, 0.717) is 36.5 Å². The molecule has 138 valence electrons. The number of hydrogen-bond acceptors (Lipinski definition) is 2. The number of amides is 2. The van der Waals surface area contributed by atoms with Gasteiger partial charge in [-0.05, 0) is 34.9 Å². The normalized spacial score (nSPS) is 10.6. The Bertz CT molecular complexity index is 956. The molecule has 3 aromatic carbocycles. The van der Waals surface area contributed by atoms with E-state index < -0.39 is 0 Å². The van der Waals surface area contributed by atoms with Gasteiger partial charge in [-0.1, -0.05) is 66.2 Å². The summed E-state index contributed by atoms with van der Waals surface area (Å²) in [4.78, 5) is 24.0. The summed E-state index contributed by atoms with van der Waals surface area (Å²) in [6, 6.07) is 21.3. The zero-order valence-corrected chi connectivity index (χ0v) is 15.6. The highest BCUT2D eigenvalue weighted by Crippen LogP contribution is 2.16. The van der Waals surface area contributed by atoms with Crippen molar-refractivity contribution in [3.63, 3.8) is 0 Å². The van der Waals surface area contributed by atoms with Crippen LogP contribution in [0.3, 0.4) is 0 Å². The van der Waals surface area contributed by atoms with Gasteiger partial charge in [0.2, 0.25) is 5.91 Å². The van der Waals surface area contributed by atoms with E-state index in [1.165, 1.54) is 10.8 Å². The van der Waals surface area contributed by atoms with Crippen molar-refractivity contribution in [2.24, 2.45) is 0 Å². The Labute approximate surface area is 163 Å². The molecule has 2 amide bonds. The van der Waals surface area contributed by atoms with E-state index in [2.05, 4.69) is 41.0 Å². The third-order valence-electron chi connectivity index (χ3n) is 4.31. The predicted octanol–water partition coefficient (Wildman–Crippen LogP) is 3.97. The van der Waals surface area contributed by atoms with E-state index in [9.17, 15) is 9.59 Å². The Balaban J connectivity index is 1.39. The fraction of sp³-hybridized carbons (Fsp3) is 0.182. The van der Waals surface area contributed by atoms with Crippen molar-refractivity contribution in [1.82, 2.24) is 10.6 Å². The second-order valence-electron chi connectivity index (χ2n) is 6.27. The summed E-state index contributed by atoms with van der Waals surface area (Å²) in [7, 11) is 0. The second kappa shape index (κ2) is 9.19. The summed E-state index contributed by atoms with van der Waals surface area (Å²) in [6.07, 6.45) is 1.10. The van der Waals surface area contributed by atoms with Gasteiger partial charge < -0.3 is 10.6 Å². The van der Waals surface area contributed by atoms with Gasteiger partial charge in [-0.2, -0.15) is 0 Å². The molecule has 4 nitrogen and oxygen atoms in total. The molecule has 0 spiro atoms. The van der Waals surface area contributed by atoms with Crippen molar-refractivity contribution < 1.29 is 9.59 Å². The van der Waals surface area contributed by atoms with Crippen LogP contribution in [-0.4, -0.2) is 24.9 Å². The van der Waals surface area contributed by atoms with E-state index in [1.54, 1.807) is 24.3 Å². The molecule has 0 aliphatic carbocycles. The lowest BCUT2D eigenvalue weighted by atomic mass is 10.0. The fourth-order valence-electron chi connectivity index (χ4n) is 2.86. The first-order valence-electron chi connectivity index (χ1n) is 8.90. The van der Waals surface area contributed by atoms with Gasteiger partial charge in [0.15, 0.2) is 0 Å². The molecular formula is C22H21ClN2O2. The highest BCUT2D eigenvalue weighted by molar-refractivity contribution is 6.33. The maximum atomic E-state index is 12.0. The molecule has 0 aliphatic heterocycles. The minimum Gasteiger partial charge on any atom is -0.354 e. The molecule has 0 atom stereocenters. The summed E-state index contributed by atoms with van der Waals surface area (Å²) >= 11 is 5.99. The Morgan fingerprint density at radius 3 is 2.33 bits per heavy atom. The first kappa shape index (κ1) is 18.9. The van der Waals surface area contributed by atoms with Gasteiger partial charge in [0.05, 0.1) is 10.6 Å².